The Morgan fingerprint density at radius 2 is 1.83 bits per heavy atom. The molecule has 18 heavy (non-hydrogen) atoms. The van der Waals surface area contributed by atoms with Gasteiger partial charge in [-0.05, 0) is 43.0 Å². The predicted octanol–water partition coefficient (Wildman–Crippen LogP) is 5.74. The number of hydrogen-bond acceptors (Lipinski definition) is 0. The minimum atomic E-state index is 0.358. The summed E-state index contributed by atoms with van der Waals surface area (Å²) in [5.41, 5.74) is 5.27. The lowest BCUT2D eigenvalue weighted by atomic mass is 10.0. The second kappa shape index (κ2) is 6.03. The average molecular weight is 368 g/mol. The van der Waals surface area contributed by atoms with Crippen molar-refractivity contribution in [3.05, 3.63) is 69.2 Å². The molecule has 0 spiro atoms. The van der Waals surface area contributed by atoms with Gasteiger partial charge in [0, 0.05) is 9.30 Å². The Bertz CT molecular complexity index is 547. The Hall–Kier alpha value is -0.600. The zero-order chi connectivity index (χ0) is 13.1. The van der Waals surface area contributed by atoms with Gasteiger partial charge in [-0.1, -0.05) is 73.8 Å². The fourth-order valence-corrected chi connectivity index (χ4v) is 3.02. The van der Waals surface area contributed by atoms with E-state index >= 15 is 0 Å². The number of aryl methyl sites for hydroxylation is 2. The van der Waals surface area contributed by atoms with Crippen LogP contribution in [0.1, 0.15) is 27.1 Å². The highest BCUT2D eigenvalue weighted by atomic mass is 79.9. The highest BCUT2D eigenvalue weighted by Gasteiger charge is 2.09. The molecular formula is C16H16Br2. The molecule has 2 heteroatoms. The summed E-state index contributed by atoms with van der Waals surface area (Å²) in [5.74, 6) is 0. The lowest BCUT2D eigenvalue weighted by Crippen LogP contribution is -1.96. The predicted molar refractivity (Wildman–Crippen MR) is 85.4 cm³/mol. The molecule has 0 nitrogen and oxygen atoms in total. The molecule has 0 radical (unpaired) electrons. The van der Waals surface area contributed by atoms with Crippen molar-refractivity contribution in [1.29, 1.82) is 0 Å². The Kier molecular flexibility index (Phi) is 4.63. The van der Waals surface area contributed by atoms with Gasteiger partial charge in [0.25, 0.3) is 0 Å². The highest BCUT2D eigenvalue weighted by molar-refractivity contribution is 9.10. The zero-order valence-electron chi connectivity index (χ0n) is 10.6. The molecule has 2 rings (SSSR count). The summed E-state index contributed by atoms with van der Waals surface area (Å²) < 4.78 is 1.17. The molecule has 0 aliphatic rings. The monoisotopic (exact) mass is 366 g/mol. The van der Waals surface area contributed by atoms with Gasteiger partial charge in [0.05, 0.1) is 0 Å². The maximum atomic E-state index is 3.79. The molecule has 0 fully saturated rings. The first kappa shape index (κ1) is 13.8. The van der Waals surface area contributed by atoms with Crippen LogP contribution in [0.2, 0.25) is 0 Å². The average Bonchev–Trinajstić information content (AvgIpc) is 2.32. The van der Waals surface area contributed by atoms with Gasteiger partial charge in [0.15, 0.2) is 0 Å². The lowest BCUT2D eigenvalue weighted by Gasteiger charge is -2.12. The van der Waals surface area contributed by atoms with Crippen LogP contribution >= 0.6 is 31.9 Å². The van der Waals surface area contributed by atoms with Crippen molar-refractivity contribution >= 4 is 31.9 Å². The van der Waals surface area contributed by atoms with Crippen molar-refractivity contribution in [2.24, 2.45) is 0 Å². The summed E-state index contributed by atoms with van der Waals surface area (Å²) in [6.07, 6.45) is 1.01. The minimum Gasteiger partial charge on any atom is -0.0835 e. The first-order chi connectivity index (χ1) is 8.56. The fraction of sp³-hybridized carbons (Fsp3) is 0.250. The van der Waals surface area contributed by atoms with E-state index in [1.54, 1.807) is 0 Å². The maximum Gasteiger partial charge on any atom is 0.0436 e. The zero-order valence-corrected chi connectivity index (χ0v) is 13.8. The molecule has 1 atom stereocenters. The highest BCUT2D eigenvalue weighted by Crippen LogP contribution is 2.30. The molecule has 2 aromatic rings. The van der Waals surface area contributed by atoms with Gasteiger partial charge >= 0.3 is 0 Å². The topological polar surface area (TPSA) is 0 Å². The molecule has 0 heterocycles. The molecule has 0 aromatic heterocycles. The van der Waals surface area contributed by atoms with Gasteiger partial charge in [-0.25, -0.2) is 0 Å². The number of rotatable bonds is 3. The minimum absolute atomic E-state index is 0.358. The van der Waals surface area contributed by atoms with Crippen LogP contribution in [0, 0.1) is 13.8 Å². The van der Waals surface area contributed by atoms with Crippen molar-refractivity contribution in [2.45, 2.75) is 25.1 Å². The van der Waals surface area contributed by atoms with E-state index in [-0.39, 0.29) is 0 Å². The Morgan fingerprint density at radius 3 is 2.50 bits per heavy atom. The third-order valence-electron chi connectivity index (χ3n) is 3.05. The molecule has 1 unspecified atom stereocenters. The molecular weight excluding hydrogens is 352 g/mol. The van der Waals surface area contributed by atoms with Gasteiger partial charge < -0.3 is 0 Å². The Morgan fingerprint density at radius 1 is 1.06 bits per heavy atom. The van der Waals surface area contributed by atoms with Crippen molar-refractivity contribution in [1.82, 2.24) is 0 Å². The fourth-order valence-electron chi connectivity index (χ4n) is 1.97. The van der Waals surface area contributed by atoms with Crippen LogP contribution < -0.4 is 0 Å². The molecule has 0 bridgehead atoms. The molecule has 94 valence electrons. The summed E-state index contributed by atoms with van der Waals surface area (Å²) in [6, 6.07) is 15.2. The van der Waals surface area contributed by atoms with Gasteiger partial charge in [-0.2, -0.15) is 0 Å². The van der Waals surface area contributed by atoms with E-state index in [9.17, 15) is 0 Å². The Balaban J connectivity index is 2.16. The maximum absolute atomic E-state index is 3.79. The van der Waals surface area contributed by atoms with Crippen LogP contribution in [-0.2, 0) is 6.42 Å². The quantitative estimate of drug-likeness (QED) is 0.606. The molecule has 0 amide bonds. The van der Waals surface area contributed by atoms with E-state index in [2.05, 4.69) is 88.2 Å². The van der Waals surface area contributed by atoms with E-state index < -0.39 is 0 Å². The van der Waals surface area contributed by atoms with Crippen LogP contribution in [-0.4, -0.2) is 0 Å². The number of hydrogen-bond donors (Lipinski definition) is 0. The molecule has 0 N–H and O–H groups in total. The van der Waals surface area contributed by atoms with Crippen molar-refractivity contribution in [3.63, 3.8) is 0 Å². The summed E-state index contributed by atoms with van der Waals surface area (Å²) in [4.78, 5) is 0.358. The Labute approximate surface area is 126 Å². The summed E-state index contributed by atoms with van der Waals surface area (Å²) in [5, 5.41) is 0. The molecule has 0 aliphatic heterocycles. The van der Waals surface area contributed by atoms with Crippen LogP contribution in [0.4, 0.5) is 0 Å². The van der Waals surface area contributed by atoms with E-state index in [1.165, 1.54) is 26.7 Å². The molecule has 2 aromatic carbocycles. The number of halogens is 2. The van der Waals surface area contributed by atoms with Gasteiger partial charge in [0.2, 0.25) is 0 Å². The van der Waals surface area contributed by atoms with Crippen LogP contribution in [0.3, 0.4) is 0 Å². The third kappa shape index (κ3) is 3.46. The summed E-state index contributed by atoms with van der Waals surface area (Å²) in [7, 11) is 0. The molecule has 0 saturated heterocycles. The number of benzene rings is 2. The molecule has 0 saturated carbocycles. The van der Waals surface area contributed by atoms with E-state index in [0.717, 1.165) is 6.42 Å². The molecule has 0 aliphatic carbocycles. The number of alkyl halides is 1. The van der Waals surface area contributed by atoms with Gasteiger partial charge in [-0.15, -0.1) is 0 Å². The van der Waals surface area contributed by atoms with E-state index in [0.29, 0.717) is 4.83 Å². The van der Waals surface area contributed by atoms with Crippen LogP contribution in [0.25, 0.3) is 0 Å². The normalized spacial score (nSPS) is 12.4. The first-order valence-electron chi connectivity index (χ1n) is 6.02. The third-order valence-corrected chi connectivity index (χ3v) is 4.76. The summed E-state index contributed by atoms with van der Waals surface area (Å²) in [6.45, 7) is 4.24. The van der Waals surface area contributed by atoms with E-state index in [1.807, 2.05) is 0 Å². The largest absolute Gasteiger partial charge is 0.0835 e. The first-order valence-corrected chi connectivity index (χ1v) is 7.73. The van der Waals surface area contributed by atoms with Gasteiger partial charge in [-0.3, -0.25) is 0 Å². The van der Waals surface area contributed by atoms with Crippen LogP contribution in [0.5, 0.6) is 0 Å². The second-order valence-electron chi connectivity index (χ2n) is 4.67. The second-order valence-corrected chi connectivity index (χ2v) is 6.63. The lowest BCUT2D eigenvalue weighted by molar-refractivity contribution is 0.945. The van der Waals surface area contributed by atoms with Gasteiger partial charge in [0.1, 0.15) is 0 Å². The SMILES string of the molecule is Cc1cccc(CC(Br)c2ccc(C)c(Br)c2)c1. The van der Waals surface area contributed by atoms with Crippen molar-refractivity contribution in [2.75, 3.05) is 0 Å². The standard InChI is InChI=1S/C16H16Br2/c1-11-4-3-5-13(8-11)9-16(18)14-7-6-12(2)15(17)10-14/h3-8,10,16H,9H2,1-2H3. The summed E-state index contributed by atoms with van der Waals surface area (Å²) >= 11 is 7.38. The van der Waals surface area contributed by atoms with Crippen LogP contribution in [0.15, 0.2) is 46.9 Å². The van der Waals surface area contributed by atoms with E-state index in [4.69, 9.17) is 0 Å². The van der Waals surface area contributed by atoms with Crippen molar-refractivity contribution < 1.29 is 0 Å². The van der Waals surface area contributed by atoms with Crippen molar-refractivity contribution in [3.8, 4) is 0 Å². The smallest absolute Gasteiger partial charge is 0.0436 e.